The third-order valence-electron chi connectivity index (χ3n) is 1.62. The molecule has 0 amide bonds. The molecule has 0 saturated heterocycles. The molecule has 0 bridgehead atoms. The number of rotatable bonds is 6. The SMILES string of the molecule is CC(C)OCCCOC1CC1. The van der Waals surface area contributed by atoms with Crippen LogP contribution >= 0.6 is 0 Å². The highest BCUT2D eigenvalue weighted by Gasteiger charge is 2.21. The van der Waals surface area contributed by atoms with Gasteiger partial charge in [0.15, 0.2) is 0 Å². The predicted octanol–water partition coefficient (Wildman–Crippen LogP) is 1.98. The van der Waals surface area contributed by atoms with Gasteiger partial charge in [0.05, 0.1) is 12.2 Å². The smallest absolute Gasteiger partial charge is 0.0577 e. The van der Waals surface area contributed by atoms with Crippen LogP contribution in [0.15, 0.2) is 0 Å². The van der Waals surface area contributed by atoms with Crippen LogP contribution < -0.4 is 0 Å². The highest BCUT2D eigenvalue weighted by molar-refractivity contribution is 4.72. The second kappa shape index (κ2) is 4.73. The predicted molar refractivity (Wildman–Crippen MR) is 44.7 cm³/mol. The second-order valence-corrected chi connectivity index (χ2v) is 3.34. The molecule has 0 atom stereocenters. The van der Waals surface area contributed by atoms with Crippen molar-refractivity contribution in [3.05, 3.63) is 0 Å². The minimum atomic E-state index is 0.357. The van der Waals surface area contributed by atoms with E-state index in [9.17, 15) is 0 Å². The van der Waals surface area contributed by atoms with Gasteiger partial charge in [-0.1, -0.05) is 0 Å². The monoisotopic (exact) mass is 158 g/mol. The highest BCUT2D eigenvalue weighted by Crippen LogP contribution is 2.23. The van der Waals surface area contributed by atoms with Gasteiger partial charge >= 0.3 is 0 Å². The molecule has 0 aromatic carbocycles. The summed E-state index contributed by atoms with van der Waals surface area (Å²) in [6.07, 6.45) is 4.52. The van der Waals surface area contributed by atoms with Gasteiger partial charge in [0, 0.05) is 13.2 Å². The number of hydrogen-bond acceptors (Lipinski definition) is 2. The third-order valence-corrected chi connectivity index (χ3v) is 1.62. The zero-order valence-electron chi connectivity index (χ0n) is 7.51. The van der Waals surface area contributed by atoms with Crippen molar-refractivity contribution in [3.8, 4) is 0 Å². The van der Waals surface area contributed by atoms with E-state index in [0.29, 0.717) is 12.2 Å². The summed E-state index contributed by atoms with van der Waals surface area (Å²) in [5.41, 5.74) is 0. The van der Waals surface area contributed by atoms with Crippen LogP contribution in [0.25, 0.3) is 0 Å². The highest BCUT2D eigenvalue weighted by atomic mass is 16.5. The molecule has 0 N–H and O–H groups in total. The van der Waals surface area contributed by atoms with Gasteiger partial charge < -0.3 is 9.47 Å². The number of hydrogen-bond donors (Lipinski definition) is 0. The second-order valence-electron chi connectivity index (χ2n) is 3.34. The zero-order chi connectivity index (χ0) is 8.10. The fourth-order valence-corrected chi connectivity index (χ4v) is 0.863. The van der Waals surface area contributed by atoms with Crippen LogP contribution in [0, 0.1) is 0 Å². The van der Waals surface area contributed by atoms with E-state index in [1.807, 2.05) is 0 Å². The van der Waals surface area contributed by atoms with E-state index in [0.717, 1.165) is 19.6 Å². The summed E-state index contributed by atoms with van der Waals surface area (Å²) < 4.78 is 10.8. The van der Waals surface area contributed by atoms with Crippen molar-refractivity contribution in [2.75, 3.05) is 13.2 Å². The molecule has 1 saturated carbocycles. The van der Waals surface area contributed by atoms with Gasteiger partial charge in [-0.3, -0.25) is 0 Å². The molecule has 0 aliphatic heterocycles. The van der Waals surface area contributed by atoms with Crippen LogP contribution in [0.1, 0.15) is 33.1 Å². The van der Waals surface area contributed by atoms with Gasteiger partial charge in [0.2, 0.25) is 0 Å². The summed E-state index contributed by atoms with van der Waals surface area (Å²) >= 11 is 0. The van der Waals surface area contributed by atoms with E-state index in [4.69, 9.17) is 9.47 Å². The zero-order valence-corrected chi connectivity index (χ0v) is 7.51. The molecule has 1 rings (SSSR count). The lowest BCUT2D eigenvalue weighted by atomic mass is 10.4. The lowest BCUT2D eigenvalue weighted by Gasteiger charge is -2.06. The van der Waals surface area contributed by atoms with Crippen LogP contribution in [-0.4, -0.2) is 25.4 Å². The molecular weight excluding hydrogens is 140 g/mol. The normalized spacial score (nSPS) is 17.7. The molecule has 0 aromatic rings. The van der Waals surface area contributed by atoms with Crippen molar-refractivity contribution in [2.45, 2.75) is 45.3 Å². The first-order valence-electron chi connectivity index (χ1n) is 4.52. The molecule has 0 aromatic heterocycles. The van der Waals surface area contributed by atoms with Gasteiger partial charge in [-0.2, -0.15) is 0 Å². The van der Waals surface area contributed by atoms with E-state index < -0.39 is 0 Å². The van der Waals surface area contributed by atoms with E-state index in [1.165, 1.54) is 12.8 Å². The fourth-order valence-electron chi connectivity index (χ4n) is 0.863. The average molecular weight is 158 g/mol. The minimum Gasteiger partial charge on any atom is -0.379 e. The Hall–Kier alpha value is -0.0800. The first-order valence-corrected chi connectivity index (χ1v) is 4.52. The van der Waals surface area contributed by atoms with Crippen molar-refractivity contribution in [1.82, 2.24) is 0 Å². The average Bonchev–Trinajstić information content (AvgIpc) is 2.70. The molecule has 0 unspecified atom stereocenters. The molecular formula is C9H18O2. The Kier molecular flexibility index (Phi) is 3.87. The van der Waals surface area contributed by atoms with Crippen molar-refractivity contribution in [1.29, 1.82) is 0 Å². The van der Waals surface area contributed by atoms with Crippen molar-refractivity contribution in [2.24, 2.45) is 0 Å². The molecule has 1 aliphatic rings. The topological polar surface area (TPSA) is 18.5 Å². The summed E-state index contributed by atoms with van der Waals surface area (Å²) in [7, 11) is 0. The maximum atomic E-state index is 5.45. The van der Waals surface area contributed by atoms with Crippen LogP contribution in [-0.2, 0) is 9.47 Å². The molecule has 0 spiro atoms. The van der Waals surface area contributed by atoms with E-state index in [-0.39, 0.29) is 0 Å². The van der Waals surface area contributed by atoms with E-state index >= 15 is 0 Å². The molecule has 2 heteroatoms. The standard InChI is InChI=1S/C9H18O2/c1-8(2)10-6-3-7-11-9-4-5-9/h8-9H,3-7H2,1-2H3. The molecule has 0 radical (unpaired) electrons. The van der Waals surface area contributed by atoms with E-state index in [2.05, 4.69) is 13.8 Å². The first kappa shape index (κ1) is 9.01. The van der Waals surface area contributed by atoms with Gasteiger partial charge in [-0.15, -0.1) is 0 Å². The maximum absolute atomic E-state index is 5.45. The Bertz CT molecular complexity index is 93.7. The quantitative estimate of drug-likeness (QED) is 0.550. The minimum absolute atomic E-state index is 0.357. The lowest BCUT2D eigenvalue weighted by Crippen LogP contribution is -2.07. The van der Waals surface area contributed by atoms with Gasteiger partial charge in [-0.05, 0) is 33.1 Å². The van der Waals surface area contributed by atoms with E-state index in [1.54, 1.807) is 0 Å². The number of ether oxygens (including phenoxy) is 2. The van der Waals surface area contributed by atoms with Crippen molar-refractivity contribution >= 4 is 0 Å². The Morgan fingerprint density at radius 3 is 2.55 bits per heavy atom. The molecule has 11 heavy (non-hydrogen) atoms. The Morgan fingerprint density at radius 1 is 1.27 bits per heavy atom. The summed E-state index contributed by atoms with van der Waals surface area (Å²) in [6, 6.07) is 0. The van der Waals surface area contributed by atoms with Crippen LogP contribution in [0.4, 0.5) is 0 Å². The van der Waals surface area contributed by atoms with Crippen LogP contribution in [0.3, 0.4) is 0 Å². The third kappa shape index (κ3) is 5.22. The van der Waals surface area contributed by atoms with Crippen LogP contribution in [0.5, 0.6) is 0 Å². The first-order chi connectivity index (χ1) is 5.29. The fraction of sp³-hybridized carbons (Fsp3) is 1.00. The Morgan fingerprint density at radius 2 is 2.00 bits per heavy atom. The molecule has 0 heterocycles. The molecule has 1 aliphatic carbocycles. The van der Waals surface area contributed by atoms with Gasteiger partial charge in [0.25, 0.3) is 0 Å². The summed E-state index contributed by atoms with van der Waals surface area (Å²) in [6.45, 7) is 5.82. The molecule has 2 nitrogen and oxygen atoms in total. The van der Waals surface area contributed by atoms with Gasteiger partial charge in [-0.25, -0.2) is 0 Å². The van der Waals surface area contributed by atoms with Gasteiger partial charge in [0.1, 0.15) is 0 Å². The largest absolute Gasteiger partial charge is 0.379 e. The van der Waals surface area contributed by atoms with Crippen molar-refractivity contribution < 1.29 is 9.47 Å². The summed E-state index contributed by atoms with van der Waals surface area (Å²) in [5, 5.41) is 0. The Balaban J connectivity index is 1.73. The van der Waals surface area contributed by atoms with Crippen molar-refractivity contribution in [3.63, 3.8) is 0 Å². The molecule has 1 fully saturated rings. The Labute approximate surface area is 68.9 Å². The lowest BCUT2D eigenvalue weighted by molar-refractivity contribution is 0.0475. The van der Waals surface area contributed by atoms with Crippen LogP contribution in [0.2, 0.25) is 0 Å². The summed E-state index contributed by atoms with van der Waals surface area (Å²) in [5.74, 6) is 0. The summed E-state index contributed by atoms with van der Waals surface area (Å²) in [4.78, 5) is 0. The maximum Gasteiger partial charge on any atom is 0.0577 e. The molecule has 66 valence electrons.